The number of aromatic nitrogens is 2. The maximum Gasteiger partial charge on any atom is 0.257 e. The molecule has 0 spiro atoms. The van der Waals surface area contributed by atoms with E-state index in [2.05, 4.69) is 26.3 Å². The van der Waals surface area contributed by atoms with E-state index in [0.29, 0.717) is 16.9 Å². The molecule has 86 valence electrons. The number of thiophene rings is 1. The molecular weight excluding hydrogens is 304 g/mol. The van der Waals surface area contributed by atoms with Crippen LogP contribution in [0.5, 0.6) is 0 Å². The number of halogens is 1. The zero-order valence-corrected chi connectivity index (χ0v) is 11.2. The van der Waals surface area contributed by atoms with Crippen molar-refractivity contribution in [3.8, 4) is 6.07 Å². The monoisotopic (exact) mass is 310 g/mol. The van der Waals surface area contributed by atoms with Crippen LogP contribution in [0.2, 0.25) is 0 Å². The molecule has 0 bridgehead atoms. The molecule has 0 saturated heterocycles. The number of carbonyl (C=O) groups is 1. The highest BCUT2D eigenvalue weighted by molar-refractivity contribution is 9.11. The van der Waals surface area contributed by atoms with E-state index in [1.54, 1.807) is 18.5 Å². The quantitative estimate of drug-likeness (QED) is 0.925. The van der Waals surface area contributed by atoms with Gasteiger partial charge in [-0.1, -0.05) is 0 Å². The van der Waals surface area contributed by atoms with E-state index in [1.807, 2.05) is 6.07 Å². The minimum atomic E-state index is -0.257. The Bertz CT molecular complexity index is 610. The Kier molecular flexibility index (Phi) is 3.26. The summed E-state index contributed by atoms with van der Waals surface area (Å²) in [5.74, 6) is 0.145. The van der Waals surface area contributed by atoms with Crippen LogP contribution in [0.3, 0.4) is 0 Å². The summed E-state index contributed by atoms with van der Waals surface area (Å²) in [6.45, 7) is 0. The molecule has 0 fully saturated rings. The van der Waals surface area contributed by atoms with Gasteiger partial charge in [-0.2, -0.15) is 10.4 Å². The summed E-state index contributed by atoms with van der Waals surface area (Å²) in [6, 6.07) is 3.70. The van der Waals surface area contributed by atoms with Crippen LogP contribution < -0.4 is 5.32 Å². The molecule has 2 aromatic rings. The smallest absolute Gasteiger partial charge is 0.257 e. The van der Waals surface area contributed by atoms with Gasteiger partial charge in [-0.3, -0.25) is 9.48 Å². The SMILES string of the molecule is Cn1ncc(C#N)c1NC(=O)c1csc(Br)c1. The van der Waals surface area contributed by atoms with Gasteiger partial charge in [0, 0.05) is 12.4 Å². The molecule has 2 aromatic heterocycles. The molecule has 5 nitrogen and oxygen atoms in total. The Labute approximate surface area is 110 Å². The van der Waals surface area contributed by atoms with Crippen LogP contribution >= 0.6 is 27.3 Å². The van der Waals surface area contributed by atoms with Gasteiger partial charge in [0.25, 0.3) is 5.91 Å². The lowest BCUT2D eigenvalue weighted by Crippen LogP contribution is -2.14. The second-order valence-electron chi connectivity index (χ2n) is 3.24. The van der Waals surface area contributed by atoms with Gasteiger partial charge in [0.1, 0.15) is 17.5 Å². The number of nitrogens with one attached hydrogen (secondary N) is 1. The van der Waals surface area contributed by atoms with Gasteiger partial charge in [0.15, 0.2) is 0 Å². The fourth-order valence-corrected chi connectivity index (χ4v) is 2.41. The van der Waals surface area contributed by atoms with Gasteiger partial charge in [0.2, 0.25) is 0 Å². The van der Waals surface area contributed by atoms with Crippen molar-refractivity contribution in [2.24, 2.45) is 7.05 Å². The lowest BCUT2D eigenvalue weighted by atomic mass is 10.3. The lowest BCUT2D eigenvalue weighted by Gasteiger charge is -2.04. The Morgan fingerprint density at radius 3 is 3.06 bits per heavy atom. The fourth-order valence-electron chi connectivity index (χ4n) is 1.28. The number of amides is 1. The van der Waals surface area contributed by atoms with Gasteiger partial charge in [-0.15, -0.1) is 11.3 Å². The first-order chi connectivity index (χ1) is 8.11. The molecule has 1 N–H and O–H groups in total. The Balaban J connectivity index is 2.24. The molecule has 0 aromatic carbocycles. The summed E-state index contributed by atoms with van der Waals surface area (Å²) in [5.41, 5.74) is 0.891. The maximum atomic E-state index is 11.9. The van der Waals surface area contributed by atoms with Crippen LogP contribution in [0.25, 0.3) is 0 Å². The number of nitrogens with zero attached hydrogens (tertiary/aromatic N) is 3. The predicted molar refractivity (Wildman–Crippen MR) is 67.9 cm³/mol. The molecule has 1 amide bonds. The first kappa shape index (κ1) is 11.8. The number of carbonyl (C=O) groups excluding carboxylic acids is 1. The first-order valence-corrected chi connectivity index (χ1v) is 6.26. The minimum Gasteiger partial charge on any atom is -0.306 e. The average molecular weight is 311 g/mol. The van der Waals surface area contributed by atoms with Crippen LogP contribution in [-0.2, 0) is 7.05 Å². The molecule has 0 atom stereocenters. The van der Waals surface area contributed by atoms with E-state index in [4.69, 9.17) is 5.26 Å². The van der Waals surface area contributed by atoms with Gasteiger partial charge < -0.3 is 5.32 Å². The van der Waals surface area contributed by atoms with E-state index in [-0.39, 0.29) is 5.91 Å². The summed E-state index contributed by atoms with van der Waals surface area (Å²) in [6.07, 6.45) is 1.42. The summed E-state index contributed by atoms with van der Waals surface area (Å²) < 4.78 is 2.34. The second-order valence-corrected chi connectivity index (χ2v) is 5.53. The third-order valence-corrected chi connectivity index (χ3v) is 3.63. The highest BCUT2D eigenvalue weighted by Gasteiger charge is 2.13. The van der Waals surface area contributed by atoms with Crippen molar-refractivity contribution in [3.63, 3.8) is 0 Å². The van der Waals surface area contributed by atoms with E-state index < -0.39 is 0 Å². The fraction of sp³-hybridized carbons (Fsp3) is 0.100. The zero-order chi connectivity index (χ0) is 12.4. The molecule has 0 aliphatic rings. The number of anilines is 1. The number of rotatable bonds is 2. The standard InChI is InChI=1S/C10H7BrN4OS/c1-15-9(7(3-12)4-13-15)14-10(16)6-2-8(11)17-5-6/h2,4-5H,1H3,(H,14,16). The van der Waals surface area contributed by atoms with E-state index >= 15 is 0 Å². The van der Waals surface area contributed by atoms with Gasteiger partial charge in [-0.05, 0) is 22.0 Å². The molecule has 7 heteroatoms. The highest BCUT2D eigenvalue weighted by atomic mass is 79.9. The maximum absolute atomic E-state index is 11.9. The molecule has 0 unspecified atom stereocenters. The van der Waals surface area contributed by atoms with E-state index in [0.717, 1.165) is 3.79 Å². The number of nitriles is 1. The molecule has 2 heterocycles. The minimum absolute atomic E-state index is 0.257. The molecular formula is C10H7BrN4OS. The third-order valence-electron chi connectivity index (χ3n) is 2.12. The summed E-state index contributed by atoms with van der Waals surface area (Å²) in [4.78, 5) is 11.9. The van der Waals surface area contributed by atoms with Crippen LogP contribution in [-0.4, -0.2) is 15.7 Å². The second kappa shape index (κ2) is 4.69. The molecule has 0 aliphatic carbocycles. The van der Waals surface area contributed by atoms with Crippen LogP contribution in [0, 0.1) is 11.3 Å². The third kappa shape index (κ3) is 2.38. The molecule has 0 saturated carbocycles. The Morgan fingerprint density at radius 2 is 2.47 bits per heavy atom. The van der Waals surface area contributed by atoms with Gasteiger partial charge >= 0.3 is 0 Å². The van der Waals surface area contributed by atoms with Crippen LogP contribution in [0.15, 0.2) is 21.4 Å². The topological polar surface area (TPSA) is 70.7 Å². The summed E-state index contributed by atoms with van der Waals surface area (Å²) in [7, 11) is 1.67. The van der Waals surface area contributed by atoms with E-state index in [1.165, 1.54) is 22.2 Å². The van der Waals surface area contributed by atoms with Crippen molar-refractivity contribution < 1.29 is 4.79 Å². The first-order valence-electron chi connectivity index (χ1n) is 4.59. The molecule has 0 aliphatic heterocycles. The van der Waals surface area contributed by atoms with Crippen molar-refractivity contribution in [1.82, 2.24) is 9.78 Å². The largest absolute Gasteiger partial charge is 0.306 e. The van der Waals surface area contributed by atoms with Crippen molar-refractivity contribution in [3.05, 3.63) is 32.6 Å². The molecule has 0 radical (unpaired) electrons. The van der Waals surface area contributed by atoms with E-state index in [9.17, 15) is 4.79 Å². The zero-order valence-electron chi connectivity index (χ0n) is 8.77. The van der Waals surface area contributed by atoms with Gasteiger partial charge in [0.05, 0.1) is 15.5 Å². The summed E-state index contributed by atoms with van der Waals surface area (Å²) in [5, 5.41) is 17.2. The molecule has 2 rings (SSSR count). The summed E-state index contributed by atoms with van der Waals surface area (Å²) >= 11 is 4.72. The van der Waals surface area contributed by atoms with Gasteiger partial charge in [-0.25, -0.2) is 0 Å². The van der Waals surface area contributed by atoms with Crippen LogP contribution in [0.1, 0.15) is 15.9 Å². The number of hydrogen-bond donors (Lipinski definition) is 1. The van der Waals surface area contributed by atoms with Crippen molar-refractivity contribution in [2.75, 3.05) is 5.32 Å². The molecule has 17 heavy (non-hydrogen) atoms. The number of aryl methyl sites for hydroxylation is 1. The number of hydrogen-bond acceptors (Lipinski definition) is 4. The van der Waals surface area contributed by atoms with Crippen LogP contribution in [0.4, 0.5) is 5.82 Å². The predicted octanol–water partition coefficient (Wildman–Crippen LogP) is 2.37. The lowest BCUT2D eigenvalue weighted by molar-refractivity contribution is 0.102. The Hall–Kier alpha value is -1.65. The van der Waals surface area contributed by atoms with Crippen molar-refractivity contribution in [2.45, 2.75) is 0 Å². The Morgan fingerprint density at radius 1 is 1.71 bits per heavy atom. The average Bonchev–Trinajstić information content (AvgIpc) is 2.87. The van der Waals surface area contributed by atoms with Crippen molar-refractivity contribution >= 4 is 39.0 Å². The normalized spacial score (nSPS) is 9.94. The highest BCUT2D eigenvalue weighted by Crippen LogP contribution is 2.22. The van der Waals surface area contributed by atoms with Crippen molar-refractivity contribution in [1.29, 1.82) is 5.26 Å².